The molecule has 5 nitrogen and oxygen atoms in total. The molecule has 0 saturated carbocycles. The van der Waals surface area contributed by atoms with E-state index < -0.39 is 0 Å². The molecule has 2 heterocycles. The number of aryl methyl sites for hydroxylation is 2. The summed E-state index contributed by atoms with van der Waals surface area (Å²) in [7, 11) is 3.57. The maximum absolute atomic E-state index is 12.6. The molecular formula is C15H25N3O2. The summed E-state index contributed by atoms with van der Waals surface area (Å²) in [6.45, 7) is 4.49. The molecule has 0 bridgehead atoms. The monoisotopic (exact) mass is 279 g/mol. The highest BCUT2D eigenvalue weighted by Gasteiger charge is 2.26. The van der Waals surface area contributed by atoms with Gasteiger partial charge in [0.15, 0.2) is 0 Å². The Bertz CT molecular complexity index is 454. The number of hydrogen-bond acceptors (Lipinski definition) is 3. The molecule has 1 aromatic rings. The number of carbonyl (C=O) groups is 1. The summed E-state index contributed by atoms with van der Waals surface area (Å²) in [5.74, 6) is 0.559. The lowest BCUT2D eigenvalue weighted by Crippen LogP contribution is -2.41. The molecule has 20 heavy (non-hydrogen) atoms. The van der Waals surface area contributed by atoms with Gasteiger partial charge >= 0.3 is 0 Å². The third-order valence-corrected chi connectivity index (χ3v) is 3.86. The van der Waals surface area contributed by atoms with Gasteiger partial charge in [0, 0.05) is 27.2 Å². The Morgan fingerprint density at radius 1 is 1.55 bits per heavy atom. The molecule has 1 saturated heterocycles. The van der Waals surface area contributed by atoms with Crippen molar-refractivity contribution in [3.63, 3.8) is 0 Å². The van der Waals surface area contributed by atoms with Crippen molar-refractivity contribution >= 4 is 5.91 Å². The fraction of sp³-hybridized carbons (Fsp3) is 0.733. The molecule has 2 rings (SSSR count). The molecule has 1 aromatic heterocycles. The first-order valence-electron chi connectivity index (χ1n) is 7.46. The maximum Gasteiger partial charge on any atom is 0.272 e. The zero-order chi connectivity index (χ0) is 14.5. The van der Waals surface area contributed by atoms with Crippen molar-refractivity contribution in [2.75, 3.05) is 26.8 Å². The molecule has 0 radical (unpaired) electrons. The van der Waals surface area contributed by atoms with Crippen molar-refractivity contribution in [3.05, 3.63) is 17.5 Å². The van der Waals surface area contributed by atoms with E-state index in [0.717, 1.165) is 51.1 Å². The van der Waals surface area contributed by atoms with Crippen molar-refractivity contribution < 1.29 is 9.53 Å². The molecule has 0 unspecified atom stereocenters. The molecule has 0 spiro atoms. The molecule has 0 aromatic carbocycles. The largest absolute Gasteiger partial charge is 0.384 e. The third kappa shape index (κ3) is 3.39. The van der Waals surface area contributed by atoms with Crippen LogP contribution in [-0.2, 0) is 18.2 Å². The van der Waals surface area contributed by atoms with E-state index in [0.29, 0.717) is 11.6 Å². The van der Waals surface area contributed by atoms with Crippen molar-refractivity contribution in [1.29, 1.82) is 0 Å². The number of hydrogen-bond donors (Lipinski definition) is 0. The Hall–Kier alpha value is -1.36. The van der Waals surface area contributed by atoms with E-state index in [1.165, 1.54) is 0 Å². The van der Waals surface area contributed by atoms with E-state index in [9.17, 15) is 4.79 Å². The molecule has 1 atom stereocenters. The number of nitrogens with zero attached hydrogens (tertiary/aromatic N) is 3. The van der Waals surface area contributed by atoms with Crippen molar-refractivity contribution in [1.82, 2.24) is 14.7 Å². The Labute approximate surface area is 120 Å². The maximum atomic E-state index is 12.6. The van der Waals surface area contributed by atoms with E-state index in [2.05, 4.69) is 12.0 Å². The summed E-state index contributed by atoms with van der Waals surface area (Å²) < 4.78 is 6.93. The SMILES string of the molecule is CCCc1cc(C(=O)N2CCC[C@@H](COC)C2)n(C)n1. The van der Waals surface area contributed by atoms with Gasteiger partial charge in [-0.1, -0.05) is 13.3 Å². The number of piperidine rings is 1. The molecule has 0 aliphatic carbocycles. The Morgan fingerprint density at radius 3 is 3.05 bits per heavy atom. The van der Waals surface area contributed by atoms with Crippen LogP contribution in [0.1, 0.15) is 42.4 Å². The highest BCUT2D eigenvalue weighted by molar-refractivity contribution is 5.92. The number of ether oxygens (including phenoxy) is 1. The first-order valence-corrected chi connectivity index (χ1v) is 7.46. The first-order chi connectivity index (χ1) is 9.65. The molecule has 1 aliphatic heterocycles. The Balaban J connectivity index is 2.06. The van der Waals surface area contributed by atoms with Crippen LogP contribution in [0.2, 0.25) is 0 Å². The minimum atomic E-state index is 0.100. The van der Waals surface area contributed by atoms with Crippen LogP contribution in [0.25, 0.3) is 0 Å². The molecule has 1 amide bonds. The number of likely N-dealkylation sites (tertiary alicyclic amines) is 1. The molecule has 112 valence electrons. The van der Waals surface area contributed by atoms with E-state index >= 15 is 0 Å². The second kappa shape index (κ2) is 6.88. The Kier molecular flexibility index (Phi) is 5.17. The number of rotatable bonds is 5. The van der Waals surface area contributed by atoms with Gasteiger partial charge in [0.25, 0.3) is 5.91 Å². The van der Waals surface area contributed by atoms with Gasteiger partial charge in [-0.3, -0.25) is 9.48 Å². The van der Waals surface area contributed by atoms with E-state index in [1.807, 2.05) is 18.0 Å². The molecular weight excluding hydrogens is 254 g/mol. The highest BCUT2D eigenvalue weighted by atomic mass is 16.5. The molecule has 5 heteroatoms. The van der Waals surface area contributed by atoms with Crippen LogP contribution >= 0.6 is 0 Å². The van der Waals surface area contributed by atoms with Crippen LogP contribution in [0.3, 0.4) is 0 Å². The quantitative estimate of drug-likeness (QED) is 0.826. The van der Waals surface area contributed by atoms with Crippen LogP contribution in [-0.4, -0.2) is 47.4 Å². The van der Waals surface area contributed by atoms with E-state index in [4.69, 9.17) is 4.74 Å². The fourth-order valence-electron chi connectivity index (χ4n) is 2.89. The summed E-state index contributed by atoms with van der Waals surface area (Å²) in [4.78, 5) is 14.6. The van der Waals surface area contributed by atoms with Gasteiger partial charge in [-0.15, -0.1) is 0 Å². The van der Waals surface area contributed by atoms with E-state index in [1.54, 1.807) is 11.8 Å². The molecule has 1 fully saturated rings. The lowest BCUT2D eigenvalue weighted by Gasteiger charge is -2.32. The molecule has 0 N–H and O–H groups in total. The summed E-state index contributed by atoms with van der Waals surface area (Å²) in [6, 6.07) is 1.94. The van der Waals surface area contributed by atoms with Crippen LogP contribution in [0.15, 0.2) is 6.07 Å². The zero-order valence-electron chi connectivity index (χ0n) is 12.8. The smallest absolute Gasteiger partial charge is 0.272 e. The average Bonchev–Trinajstić information content (AvgIpc) is 2.80. The van der Waals surface area contributed by atoms with Crippen LogP contribution in [0.4, 0.5) is 0 Å². The molecule has 1 aliphatic rings. The lowest BCUT2D eigenvalue weighted by molar-refractivity contribution is 0.0561. The van der Waals surface area contributed by atoms with Gasteiger partial charge in [0.05, 0.1) is 12.3 Å². The number of aromatic nitrogens is 2. The third-order valence-electron chi connectivity index (χ3n) is 3.86. The van der Waals surface area contributed by atoms with Crippen molar-refractivity contribution in [2.45, 2.75) is 32.6 Å². The highest BCUT2D eigenvalue weighted by Crippen LogP contribution is 2.19. The van der Waals surface area contributed by atoms with Crippen LogP contribution in [0.5, 0.6) is 0 Å². The van der Waals surface area contributed by atoms with Gasteiger partial charge in [-0.2, -0.15) is 5.10 Å². The number of methoxy groups -OCH3 is 1. The Morgan fingerprint density at radius 2 is 2.35 bits per heavy atom. The number of amides is 1. The second-order valence-electron chi connectivity index (χ2n) is 5.61. The lowest BCUT2D eigenvalue weighted by atomic mass is 9.98. The van der Waals surface area contributed by atoms with Gasteiger partial charge < -0.3 is 9.64 Å². The summed E-state index contributed by atoms with van der Waals surface area (Å²) in [6.07, 6.45) is 4.17. The standard InChI is InChI=1S/C15H25N3O2/c1-4-6-13-9-14(17(2)16-13)15(19)18-8-5-7-12(10-18)11-20-3/h9,12H,4-8,10-11H2,1-3H3/t12-/m1/s1. The minimum absolute atomic E-state index is 0.100. The number of carbonyl (C=O) groups excluding carboxylic acids is 1. The summed E-state index contributed by atoms with van der Waals surface area (Å²) >= 11 is 0. The second-order valence-corrected chi connectivity index (χ2v) is 5.61. The van der Waals surface area contributed by atoms with Crippen molar-refractivity contribution in [3.8, 4) is 0 Å². The summed E-state index contributed by atoms with van der Waals surface area (Å²) in [5, 5.41) is 4.42. The van der Waals surface area contributed by atoms with E-state index in [-0.39, 0.29) is 5.91 Å². The van der Waals surface area contributed by atoms with Gasteiger partial charge in [-0.25, -0.2) is 0 Å². The minimum Gasteiger partial charge on any atom is -0.384 e. The average molecular weight is 279 g/mol. The first kappa shape index (κ1) is 15.0. The van der Waals surface area contributed by atoms with Gasteiger partial charge in [0.2, 0.25) is 0 Å². The van der Waals surface area contributed by atoms with Crippen molar-refractivity contribution in [2.24, 2.45) is 13.0 Å². The zero-order valence-corrected chi connectivity index (χ0v) is 12.8. The topological polar surface area (TPSA) is 47.4 Å². The van der Waals surface area contributed by atoms with Crippen LogP contribution < -0.4 is 0 Å². The normalized spacial score (nSPS) is 19.4. The fourth-order valence-corrected chi connectivity index (χ4v) is 2.89. The van der Waals surface area contributed by atoms with Gasteiger partial charge in [0.1, 0.15) is 5.69 Å². The van der Waals surface area contributed by atoms with Gasteiger partial charge in [-0.05, 0) is 31.2 Å². The summed E-state index contributed by atoms with van der Waals surface area (Å²) in [5.41, 5.74) is 1.70. The predicted molar refractivity (Wildman–Crippen MR) is 77.7 cm³/mol. The predicted octanol–water partition coefficient (Wildman–Crippen LogP) is 1.87. The van der Waals surface area contributed by atoms with Crippen LogP contribution in [0, 0.1) is 5.92 Å².